The van der Waals surface area contributed by atoms with Crippen molar-refractivity contribution in [3.63, 3.8) is 0 Å². The van der Waals surface area contributed by atoms with Crippen LogP contribution in [0, 0.1) is 5.92 Å². The van der Waals surface area contributed by atoms with Gasteiger partial charge >= 0.3 is 0 Å². The zero-order chi connectivity index (χ0) is 10.4. The molecule has 0 radical (unpaired) electrons. The predicted molar refractivity (Wildman–Crippen MR) is 56.9 cm³/mol. The zero-order valence-electron chi connectivity index (χ0n) is 8.81. The highest BCUT2D eigenvalue weighted by Gasteiger charge is 2.08. The van der Waals surface area contributed by atoms with E-state index in [4.69, 9.17) is 4.74 Å². The summed E-state index contributed by atoms with van der Waals surface area (Å²) < 4.78 is 5.48. The van der Waals surface area contributed by atoms with Crippen molar-refractivity contribution in [1.82, 2.24) is 0 Å². The van der Waals surface area contributed by atoms with Gasteiger partial charge in [-0.3, -0.25) is 0 Å². The van der Waals surface area contributed by atoms with Crippen LogP contribution >= 0.6 is 0 Å². The third-order valence-corrected chi connectivity index (χ3v) is 2.32. The summed E-state index contributed by atoms with van der Waals surface area (Å²) in [7, 11) is 0. The number of aliphatic hydroxyl groups excluding tert-OH is 1. The lowest BCUT2D eigenvalue weighted by atomic mass is 10.1. The quantitative estimate of drug-likeness (QED) is 0.778. The molecule has 1 aromatic carbocycles. The molecular weight excluding hydrogens is 176 g/mol. The van der Waals surface area contributed by atoms with Crippen LogP contribution in [0.25, 0.3) is 0 Å². The van der Waals surface area contributed by atoms with Crippen molar-refractivity contribution < 1.29 is 9.84 Å². The van der Waals surface area contributed by atoms with Gasteiger partial charge in [0.1, 0.15) is 0 Å². The summed E-state index contributed by atoms with van der Waals surface area (Å²) in [5, 5.41) is 9.24. The van der Waals surface area contributed by atoms with Gasteiger partial charge in [0.25, 0.3) is 0 Å². The minimum absolute atomic E-state index is 0.193. The smallest absolute Gasteiger partial charge is 0.0717 e. The summed E-state index contributed by atoms with van der Waals surface area (Å²) in [6.07, 6.45) is -0.300. The largest absolute Gasteiger partial charge is 0.393 e. The van der Waals surface area contributed by atoms with Crippen LogP contribution < -0.4 is 0 Å². The van der Waals surface area contributed by atoms with Crippen LogP contribution in [0.2, 0.25) is 0 Å². The van der Waals surface area contributed by atoms with Gasteiger partial charge in [-0.2, -0.15) is 0 Å². The topological polar surface area (TPSA) is 29.5 Å². The molecule has 1 aromatic rings. The SMILES string of the molecule is C[C@H](COCc1ccccc1)[C@@H](C)O. The molecule has 2 atom stereocenters. The zero-order valence-corrected chi connectivity index (χ0v) is 8.81. The van der Waals surface area contributed by atoms with Crippen LogP contribution in [-0.4, -0.2) is 17.8 Å². The molecule has 2 nitrogen and oxygen atoms in total. The van der Waals surface area contributed by atoms with E-state index in [0.717, 1.165) is 0 Å². The van der Waals surface area contributed by atoms with Gasteiger partial charge in [0.2, 0.25) is 0 Å². The molecule has 0 aliphatic heterocycles. The average Bonchev–Trinajstić information content (AvgIpc) is 2.19. The van der Waals surface area contributed by atoms with Crippen molar-refractivity contribution in [1.29, 1.82) is 0 Å². The van der Waals surface area contributed by atoms with Crippen molar-refractivity contribution in [3.05, 3.63) is 35.9 Å². The Bertz CT molecular complexity index is 244. The Morgan fingerprint density at radius 1 is 1.21 bits per heavy atom. The summed E-state index contributed by atoms with van der Waals surface area (Å²) in [5.74, 6) is 0.193. The Morgan fingerprint density at radius 3 is 2.43 bits per heavy atom. The Morgan fingerprint density at radius 2 is 1.86 bits per heavy atom. The first-order valence-corrected chi connectivity index (χ1v) is 5.00. The van der Waals surface area contributed by atoms with E-state index in [1.165, 1.54) is 5.56 Å². The van der Waals surface area contributed by atoms with E-state index in [0.29, 0.717) is 13.2 Å². The Kier molecular flexibility index (Phi) is 4.63. The molecule has 78 valence electrons. The molecule has 0 aromatic heterocycles. The van der Waals surface area contributed by atoms with Gasteiger partial charge in [-0.15, -0.1) is 0 Å². The van der Waals surface area contributed by atoms with E-state index in [1.807, 2.05) is 37.3 Å². The van der Waals surface area contributed by atoms with E-state index in [-0.39, 0.29) is 12.0 Å². The molecule has 14 heavy (non-hydrogen) atoms. The van der Waals surface area contributed by atoms with Crippen molar-refractivity contribution in [2.45, 2.75) is 26.6 Å². The molecular formula is C12H18O2. The van der Waals surface area contributed by atoms with Crippen LogP contribution in [-0.2, 0) is 11.3 Å². The lowest BCUT2D eigenvalue weighted by molar-refractivity contribution is 0.0367. The molecule has 1 N–H and O–H groups in total. The number of benzene rings is 1. The molecule has 0 fully saturated rings. The average molecular weight is 194 g/mol. The van der Waals surface area contributed by atoms with Gasteiger partial charge in [0, 0.05) is 5.92 Å². The molecule has 0 amide bonds. The van der Waals surface area contributed by atoms with Gasteiger partial charge in [0.05, 0.1) is 19.3 Å². The molecule has 0 heterocycles. The van der Waals surface area contributed by atoms with Crippen molar-refractivity contribution in [2.24, 2.45) is 5.92 Å². The Labute approximate surface area is 85.5 Å². The molecule has 1 rings (SSSR count). The molecule has 2 heteroatoms. The normalized spacial score (nSPS) is 15.1. The van der Waals surface area contributed by atoms with Gasteiger partial charge in [0.15, 0.2) is 0 Å². The minimum atomic E-state index is -0.300. The second-order valence-corrected chi connectivity index (χ2v) is 3.72. The number of aliphatic hydroxyl groups is 1. The summed E-state index contributed by atoms with van der Waals surface area (Å²) in [6.45, 7) is 5.00. The maximum atomic E-state index is 9.24. The molecule has 0 bridgehead atoms. The van der Waals surface area contributed by atoms with Gasteiger partial charge < -0.3 is 9.84 Å². The van der Waals surface area contributed by atoms with E-state index in [9.17, 15) is 5.11 Å². The van der Waals surface area contributed by atoms with Crippen LogP contribution in [0.1, 0.15) is 19.4 Å². The number of rotatable bonds is 5. The lowest BCUT2D eigenvalue weighted by Gasteiger charge is -2.14. The monoisotopic (exact) mass is 194 g/mol. The molecule has 0 spiro atoms. The summed E-state index contributed by atoms with van der Waals surface area (Å²) in [6, 6.07) is 10.1. The highest BCUT2D eigenvalue weighted by atomic mass is 16.5. The minimum Gasteiger partial charge on any atom is -0.393 e. The summed E-state index contributed by atoms with van der Waals surface area (Å²) >= 11 is 0. The van der Waals surface area contributed by atoms with Crippen molar-refractivity contribution in [3.8, 4) is 0 Å². The molecule has 0 aliphatic rings. The predicted octanol–water partition coefficient (Wildman–Crippen LogP) is 2.22. The van der Waals surface area contributed by atoms with Crippen molar-refractivity contribution in [2.75, 3.05) is 6.61 Å². The molecule has 0 aliphatic carbocycles. The third-order valence-electron chi connectivity index (χ3n) is 2.32. The highest BCUT2D eigenvalue weighted by Crippen LogP contribution is 2.05. The van der Waals surface area contributed by atoms with Crippen LogP contribution in [0.15, 0.2) is 30.3 Å². The fourth-order valence-electron chi connectivity index (χ4n) is 1.08. The van der Waals surface area contributed by atoms with E-state index < -0.39 is 0 Å². The first kappa shape index (κ1) is 11.2. The Hall–Kier alpha value is -0.860. The Balaban J connectivity index is 2.22. The summed E-state index contributed by atoms with van der Waals surface area (Å²) in [5.41, 5.74) is 1.17. The van der Waals surface area contributed by atoms with Gasteiger partial charge in [-0.05, 0) is 12.5 Å². The van der Waals surface area contributed by atoms with Crippen LogP contribution in [0.3, 0.4) is 0 Å². The highest BCUT2D eigenvalue weighted by molar-refractivity contribution is 5.13. The second-order valence-electron chi connectivity index (χ2n) is 3.72. The number of ether oxygens (including phenoxy) is 1. The maximum absolute atomic E-state index is 9.24. The fraction of sp³-hybridized carbons (Fsp3) is 0.500. The fourth-order valence-corrected chi connectivity index (χ4v) is 1.08. The van der Waals surface area contributed by atoms with E-state index in [2.05, 4.69) is 0 Å². The first-order chi connectivity index (χ1) is 6.70. The van der Waals surface area contributed by atoms with Gasteiger partial charge in [-0.1, -0.05) is 37.3 Å². The van der Waals surface area contributed by atoms with E-state index >= 15 is 0 Å². The number of hydrogen-bond acceptors (Lipinski definition) is 2. The maximum Gasteiger partial charge on any atom is 0.0717 e. The second kappa shape index (κ2) is 5.78. The first-order valence-electron chi connectivity index (χ1n) is 5.00. The summed E-state index contributed by atoms with van der Waals surface area (Å²) in [4.78, 5) is 0. The van der Waals surface area contributed by atoms with Crippen molar-refractivity contribution >= 4 is 0 Å². The van der Waals surface area contributed by atoms with E-state index in [1.54, 1.807) is 6.92 Å². The van der Waals surface area contributed by atoms with Gasteiger partial charge in [-0.25, -0.2) is 0 Å². The molecule has 0 unspecified atom stereocenters. The third kappa shape index (κ3) is 3.90. The molecule has 0 saturated carbocycles. The molecule has 0 saturated heterocycles. The standard InChI is InChI=1S/C12H18O2/c1-10(11(2)13)8-14-9-12-6-4-3-5-7-12/h3-7,10-11,13H,8-9H2,1-2H3/t10-,11-/m1/s1. The number of hydrogen-bond donors (Lipinski definition) is 1. The van der Waals surface area contributed by atoms with Crippen LogP contribution in [0.5, 0.6) is 0 Å². The van der Waals surface area contributed by atoms with Crippen LogP contribution in [0.4, 0.5) is 0 Å². The lowest BCUT2D eigenvalue weighted by Crippen LogP contribution is -2.18.